The molecule has 3 heterocycles. The summed E-state index contributed by atoms with van der Waals surface area (Å²) in [7, 11) is -2.48. The van der Waals surface area contributed by atoms with Gasteiger partial charge in [0.05, 0.1) is 49.3 Å². The van der Waals surface area contributed by atoms with Gasteiger partial charge in [0.1, 0.15) is 17.2 Å². The van der Waals surface area contributed by atoms with Crippen molar-refractivity contribution in [2.45, 2.75) is 84.3 Å². The number of carbonyl (C=O) groups excluding carboxylic acids is 2. The van der Waals surface area contributed by atoms with Crippen molar-refractivity contribution < 1.29 is 42.5 Å². The highest BCUT2D eigenvalue weighted by Gasteiger charge is 2.41. The van der Waals surface area contributed by atoms with Gasteiger partial charge in [0.15, 0.2) is 6.10 Å². The van der Waals surface area contributed by atoms with Crippen LogP contribution in [0.3, 0.4) is 0 Å². The number of carbonyl (C=O) groups is 2. The minimum atomic E-state index is -4.11. The number of hydrogen-bond donors (Lipinski definition) is 3. The van der Waals surface area contributed by atoms with E-state index in [0.717, 1.165) is 60.9 Å². The van der Waals surface area contributed by atoms with E-state index in [2.05, 4.69) is 20.4 Å². The number of aromatic nitrogens is 4. The number of urea groups is 1. The van der Waals surface area contributed by atoms with Crippen molar-refractivity contribution >= 4 is 41.4 Å². The van der Waals surface area contributed by atoms with Gasteiger partial charge in [-0.2, -0.15) is 10.2 Å². The molecule has 1 saturated heterocycles. The molecule has 0 saturated carbocycles. The zero-order chi connectivity index (χ0) is 46.4. The summed E-state index contributed by atoms with van der Waals surface area (Å²) in [5.74, 6) is 0.813. The number of esters is 1. The smallest absolute Gasteiger partial charge is 0.417 e. The fraction of sp³-hybridized carbons (Fsp3) is 0.320. The first kappa shape index (κ1) is 45.9. The highest BCUT2D eigenvalue weighted by molar-refractivity contribution is 7.54. The van der Waals surface area contributed by atoms with Crippen LogP contribution < -0.4 is 14.0 Å². The Bertz CT molecular complexity index is 2810. The maximum absolute atomic E-state index is 15.4. The second kappa shape index (κ2) is 20.2. The number of rotatable bonds is 18. The molecule has 5 atom stereocenters. The maximum atomic E-state index is 15.4. The van der Waals surface area contributed by atoms with Crippen LogP contribution >= 0.6 is 7.60 Å². The Morgan fingerprint density at radius 3 is 1.95 bits per heavy atom. The number of amides is 2. The Morgan fingerprint density at radius 1 is 0.803 bits per heavy atom. The average Bonchev–Trinajstić information content (AvgIpc) is 3.98. The van der Waals surface area contributed by atoms with E-state index >= 15 is 4.79 Å². The molecule has 7 aromatic rings. The number of aromatic amines is 2. The van der Waals surface area contributed by atoms with Gasteiger partial charge in [-0.3, -0.25) is 14.7 Å². The molecule has 1 fully saturated rings. The van der Waals surface area contributed by atoms with Gasteiger partial charge in [-0.1, -0.05) is 54.6 Å². The van der Waals surface area contributed by atoms with Gasteiger partial charge in [-0.25, -0.2) is 14.2 Å². The molecule has 344 valence electrons. The van der Waals surface area contributed by atoms with E-state index in [9.17, 15) is 14.5 Å². The lowest BCUT2D eigenvalue weighted by Crippen LogP contribution is -2.50. The molecule has 3 N–H and O–H groups in total. The number of para-hydroxylation sites is 1. The van der Waals surface area contributed by atoms with Gasteiger partial charge in [0.2, 0.25) is 6.35 Å². The fourth-order valence-corrected chi connectivity index (χ4v) is 10.1. The Morgan fingerprint density at radius 2 is 1.36 bits per heavy atom. The van der Waals surface area contributed by atoms with E-state index in [1.165, 1.54) is 6.92 Å². The van der Waals surface area contributed by atoms with Gasteiger partial charge in [-0.15, -0.1) is 0 Å². The number of nitrogens with one attached hydrogen (secondary N) is 2. The minimum absolute atomic E-state index is 0.133. The molecule has 5 aromatic carbocycles. The van der Waals surface area contributed by atoms with Crippen molar-refractivity contribution in [2.75, 3.05) is 20.1 Å². The van der Waals surface area contributed by atoms with Crippen LogP contribution in [0.2, 0.25) is 0 Å². The van der Waals surface area contributed by atoms with Crippen LogP contribution in [-0.2, 0) is 44.6 Å². The standard InChI is InChI=1S/C50H55N6O9P/c1-6-62-49(58)34(4)64-66(60,65-48-32(2)8-7-9-33(48)3)31-63-43-18-12-36(13-19-43)25-46-47(57)26-41(24-35-10-16-42(61-5)17-11-35)55(29-37-14-20-44-39(22-37)27-51-53-44)50(59)56(46)30-38-15-21-45-40(23-38)28-52-54-45/h7-23,27-28,34,41,46-47,57H,6,24-26,29-31H2,1-5H3,(H,51,53)(H,52,54)/t34-,41+,46+,47+,66?/m0/s1. The van der Waals surface area contributed by atoms with Crippen molar-refractivity contribution in [1.29, 1.82) is 0 Å². The summed E-state index contributed by atoms with van der Waals surface area (Å²) >= 11 is 0. The van der Waals surface area contributed by atoms with Crippen LogP contribution in [0.4, 0.5) is 4.79 Å². The number of aliphatic hydroxyl groups is 1. The van der Waals surface area contributed by atoms with Crippen molar-refractivity contribution in [3.8, 4) is 17.2 Å². The molecule has 0 bridgehead atoms. The molecule has 2 amide bonds. The van der Waals surface area contributed by atoms with Crippen molar-refractivity contribution in [3.63, 3.8) is 0 Å². The lowest BCUT2D eigenvalue weighted by Gasteiger charge is -2.36. The van der Waals surface area contributed by atoms with Crippen molar-refractivity contribution in [1.82, 2.24) is 30.2 Å². The highest BCUT2D eigenvalue weighted by atomic mass is 31.2. The number of hydrogen-bond acceptors (Lipinski definition) is 11. The van der Waals surface area contributed by atoms with Gasteiger partial charge in [0.25, 0.3) is 0 Å². The Labute approximate surface area is 383 Å². The lowest BCUT2D eigenvalue weighted by molar-refractivity contribution is -0.150. The lowest BCUT2D eigenvalue weighted by atomic mass is 9.93. The van der Waals surface area contributed by atoms with E-state index in [1.54, 1.807) is 43.5 Å². The molecular weight excluding hydrogens is 860 g/mol. The van der Waals surface area contributed by atoms with Crippen LogP contribution in [-0.4, -0.2) is 91.7 Å². The summed E-state index contributed by atoms with van der Waals surface area (Å²) in [6.07, 6.45) is 2.07. The molecule has 66 heavy (non-hydrogen) atoms. The van der Waals surface area contributed by atoms with Crippen molar-refractivity contribution in [3.05, 3.63) is 149 Å². The average molecular weight is 915 g/mol. The molecule has 1 aliphatic heterocycles. The van der Waals surface area contributed by atoms with E-state index in [0.29, 0.717) is 37.3 Å². The number of ether oxygens (including phenoxy) is 3. The van der Waals surface area contributed by atoms with Crippen LogP contribution in [0.5, 0.6) is 17.2 Å². The second-order valence-corrected chi connectivity index (χ2v) is 18.6. The monoisotopic (exact) mass is 914 g/mol. The normalized spacial score (nSPS) is 17.9. The molecule has 1 unspecified atom stereocenters. The fourth-order valence-electron chi connectivity index (χ4n) is 8.48. The molecular formula is C50H55N6O9P. The predicted molar refractivity (Wildman–Crippen MR) is 251 cm³/mol. The van der Waals surface area contributed by atoms with Gasteiger partial charge < -0.3 is 33.6 Å². The molecule has 15 nitrogen and oxygen atoms in total. The Hall–Kier alpha value is -6.67. The molecule has 0 radical (unpaired) electrons. The summed E-state index contributed by atoms with van der Waals surface area (Å²) < 4.78 is 42.8. The van der Waals surface area contributed by atoms with E-state index in [1.807, 2.05) is 110 Å². The number of aryl methyl sites for hydroxylation is 2. The zero-order valence-electron chi connectivity index (χ0n) is 37.7. The zero-order valence-corrected chi connectivity index (χ0v) is 38.6. The Kier molecular flexibility index (Phi) is 14.1. The third-order valence-electron chi connectivity index (χ3n) is 12.0. The van der Waals surface area contributed by atoms with E-state index in [4.69, 9.17) is 23.3 Å². The van der Waals surface area contributed by atoms with Crippen LogP contribution in [0, 0.1) is 13.8 Å². The van der Waals surface area contributed by atoms with E-state index in [-0.39, 0.29) is 25.2 Å². The second-order valence-electron chi connectivity index (χ2n) is 16.7. The summed E-state index contributed by atoms with van der Waals surface area (Å²) in [6, 6.07) is 31.3. The third-order valence-corrected chi connectivity index (χ3v) is 13.5. The first-order chi connectivity index (χ1) is 31.9. The van der Waals surface area contributed by atoms with Gasteiger partial charge >= 0.3 is 19.6 Å². The first-order valence-electron chi connectivity index (χ1n) is 22.0. The van der Waals surface area contributed by atoms with Crippen LogP contribution in [0.25, 0.3) is 21.8 Å². The predicted octanol–water partition coefficient (Wildman–Crippen LogP) is 9.05. The molecule has 0 aliphatic carbocycles. The molecule has 1 aliphatic rings. The number of fused-ring (bicyclic) bond motifs is 2. The van der Waals surface area contributed by atoms with Gasteiger partial charge in [0, 0.05) is 29.9 Å². The topological polar surface area (TPSA) is 181 Å². The molecule has 16 heteroatoms. The minimum Gasteiger partial charge on any atom is -0.497 e. The number of aliphatic hydroxyl groups excluding tert-OH is 1. The quantitative estimate of drug-likeness (QED) is 0.0552. The number of H-pyrrole nitrogens is 2. The highest BCUT2D eigenvalue weighted by Crippen LogP contribution is 2.51. The summed E-state index contributed by atoms with van der Waals surface area (Å²) in [4.78, 5) is 31.6. The maximum Gasteiger partial charge on any atom is 0.417 e. The largest absolute Gasteiger partial charge is 0.497 e. The number of benzene rings is 5. The molecule has 2 aromatic heterocycles. The summed E-state index contributed by atoms with van der Waals surface area (Å²) in [6.45, 7) is 7.47. The van der Waals surface area contributed by atoms with E-state index < -0.39 is 38.2 Å². The third kappa shape index (κ3) is 10.7. The molecule has 0 spiro atoms. The van der Waals surface area contributed by atoms with Gasteiger partial charge in [-0.05, 0) is 129 Å². The number of methoxy groups -OCH3 is 1. The number of nitrogens with zero attached hydrogens (tertiary/aromatic N) is 4. The summed E-state index contributed by atoms with van der Waals surface area (Å²) in [5, 5.41) is 28.6. The van der Waals surface area contributed by atoms with Crippen molar-refractivity contribution in [2.24, 2.45) is 0 Å². The Balaban J connectivity index is 1.08. The molecule has 8 rings (SSSR count). The SMILES string of the molecule is CCOC(=O)[C@H](C)OP(=O)(COc1ccc(C[C@@H]2[C@H](O)C[C@@H](Cc3ccc(OC)cc3)N(Cc3ccc4[nH]ncc4c3)C(=O)N2Cc2ccc3[nH]ncc3c2)cc1)Oc1c(C)cccc1C. The first-order valence-corrected chi connectivity index (χ1v) is 23.7. The summed E-state index contributed by atoms with van der Waals surface area (Å²) in [5.41, 5.74) is 6.93. The van der Waals surface area contributed by atoms with Crippen LogP contribution in [0.15, 0.2) is 116 Å². The van der Waals surface area contributed by atoms with Crippen LogP contribution in [0.1, 0.15) is 53.6 Å².